The molecular formula is C22H18FN3O3S3. The highest BCUT2D eigenvalue weighted by atomic mass is 32.2. The number of carbonyl (C=O) groups excluding carboxylic acids is 1. The molecule has 2 aromatic carbocycles. The van der Waals surface area contributed by atoms with Gasteiger partial charge in [-0.1, -0.05) is 24.3 Å². The SMILES string of the molecule is Cc1nc(NC(=O)c2ccc(NS(=O)(=O)c3cccs3)cc2)sc1Cc1ccccc1F. The fourth-order valence-electron chi connectivity index (χ4n) is 2.94. The van der Waals surface area contributed by atoms with E-state index in [1.165, 1.54) is 47.7 Å². The van der Waals surface area contributed by atoms with E-state index in [4.69, 9.17) is 0 Å². The number of benzene rings is 2. The molecule has 0 spiro atoms. The highest BCUT2D eigenvalue weighted by Gasteiger charge is 2.16. The van der Waals surface area contributed by atoms with Crippen molar-refractivity contribution in [2.45, 2.75) is 17.6 Å². The Bertz CT molecular complexity index is 1350. The van der Waals surface area contributed by atoms with Gasteiger partial charge in [-0.3, -0.25) is 14.8 Å². The molecule has 0 saturated heterocycles. The predicted octanol–water partition coefficient (Wildman–Crippen LogP) is 5.30. The molecule has 0 aliphatic heterocycles. The van der Waals surface area contributed by atoms with Crippen molar-refractivity contribution in [3.63, 3.8) is 0 Å². The summed E-state index contributed by atoms with van der Waals surface area (Å²) in [7, 11) is -3.65. The molecule has 0 radical (unpaired) electrons. The monoisotopic (exact) mass is 487 g/mol. The first-order valence-corrected chi connectivity index (χ1v) is 12.7. The molecule has 2 N–H and O–H groups in total. The lowest BCUT2D eigenvalue weighted by Crippen LogP contribution is -2.13. The summed E-state index contributed by atoms with van der Waals surface area (Å²) in [6, 6.07) is 15.8. The largest absolute Gasteiger partial charge is 0.298 e. The first-order valence-electron chi connectivity index (χ1n) is 9.49. The van der Waals surface area contributed by atoms with E-state index >= 15 is 0 Å². The van der Waals surface area contributed by atoms with Crippen molar-refractivity contribution in [1.82, 2.24) is 4.98 Å². The van der Waals surface area contributed by atoms with E-state index in [1.54, 1.807) is 29.6 Å². The Balaban J connectivity index is 1.43. The summed E-state index contributed by atoms with van der Waals surface area (Å²) in [5.74, 6) is -0.649. The molecule has 32 heavy (non-hydrogen) atoms. The van der Waals surface area contributed by atoms with Crippen molar-refractivity contribution in [3.05, 3.63) is 93.6 Å². The van der Waals surface area contributed by atoms with Gasteiger partial charge in [0, 0.05) is 22.5 Å². The third kappa shape index (κ3) is 5.04. The lowest BCUT2D eigenvalue weighted by atomic mass is 10.1. The van der Waals surface area contributed by atoms with E-state index in [9.17, 15) is 17.6 Å². The maximum absolute atomic E-state index is 13.9. The van der Waals surface area contributed by atoms with E-state index in [0.717, 1.165) is 21.9 Å². The van der Waals surface area contributed by atoms with E-state index in [2.05, 4.69) is 15.0 Å². The summed E-state index contributed by atoms with van der Waals surface area (Å²) in [4.78, 5) is 17.8. The molecule has 0 aliphatic carbocycles. The van der Waals surface area contributed by atoms with Crippen LogP contribution in [0.5, 0.6) is 0 Å². The number of thiazole rings is 1. The lowest BCUT2D eigenvalue weighted by Gasteiger charge is -2.07. The first kappa shape index (κ1) is 22.1. The topological polar surface area (TPSA) is 88.2 Å². The molecule has 1 amide bonds. The van der Waals surface area contributed by atoms with Crippen molar-refractivity contribution >= 4 is 49.4 Å². The van der Waals surface area contributed by atoms with Gasteiger partial charge in [-0.15, -0.1) is 22.7 Å². The molecule has 0 bridgehead atoms. The van der Waals surface area contributed by atoms with Gasteiger partial charge in [0.15, 0.2) is 5.13 Å². The number of sulfonamides is 1. The van der Waals surface area contributed by atoms with E-state index in [0.29, 0.717) is 28.4 Å². The minimum absolute atomic E-state index is 0.213. The van der Waals surface area contributed by atoms with Crippen LogP contribution in [-0.2, 0) is 16.4 Å². The summed E-state index contributed by atoms with van der Waals surface area (Å²) < 4.78 is 41.2. The molecule has 0 saturated carbocycles. The number of aryl methyl sites for hydroxylation is 1. The summed E-state index contributed by atoms with van der Waals surface area (Å²) in [6.07, 6.45) is 0.394. The molecule has 2 heterocycles. The van der Waals surface area contributed by atoms with E-state index < -0.39 is 10.0 Å². The zero-order valence-corrected chi connectivity index (χ0v) is 19.3. The second-order valence-corrected chi connectivity index (χ2v) is 10.8. The Hall–Kier alpha value is -3.08. The minimum atomic E-state index is -3.65. The van der Waals surface area contributed by atoms with Crippen LogP contribution in [0.4, 0.5) is 15.2 Å². The molecule has 0 unspecified atom stereocenters. The van der Waals surface area contributed by atoms with Gasteiger partial charge >= 0.3 is 0 Å². The fourth-order valence-corrected chi connectivity index (χ4v) is 5.97. The number of carbonyl (C=O) groups is 1. The van der Waals surface area contributed by atoms with Crippen molar-refractivity contribution in [2.75, 3.05) is 10.0 Å². The third-order valence-corrected chi connectivity index (χ3v) is 8.43. The molecule has 2 aromatic heterocycles. The van der Waals surface area contributed by atoms with Crippen molar-refractivity contribution in [1.29, 1.82) is 0 Å². The van der Waals surface area contributed by atoms with Crippen LogP contribution in [0.1, 0.15) is 26.5 Å². The van der Waals surface area contributed by atoms with Crippen LogP contribution in [0, 0.1) is 12.7 Å². The van der Waals surface area contributed by atoms with Crippen LogP contribution in [0.25, 0.3) is 0 Å². The Morgan fingerprint density at radius 1 is 1.06 bits per heavy atom. The highest BCUT2D eigenvalue weighted by molar-refractivity contribution is 7.94. The highest BCUT2D eigenvalue weighted by Crippen LogP contribution is 2.27. The minimum Gasteiger partial charge on any atom is -0.298 e. The summed E-state index contributed by atoms with van der Waals surface area (Å²) in [5.41, 5.74) is 2.00. The van der Waals surface area contributed by atoms with Crippen LogP contribution in [0.2, 0.25) is 0 Å². The third-order valence-electron chi connectivity index (χ3n) is 4.58. The van der Waals surface area contributed by atoms with Gasteiger partial charge in [0.05, 0.1) is 5.69 Å². The number of nitrogens with zero attached hydrogens (tertiary/aromatic N) is 1. The van der Waals surface area contributed by atoms with E-state index in [1.807, 2.05) is 6.92 Å². The number of anilines is 2. The van der Waals surface area contributed by atoms with Gasteiger partial charge in [0.1, 0.15) is 10.0 Å². The normalized spacial score (nSPS) is 11.3. The Labute approximate surface area is 192 Å². The Morgan fingerprint density at radius 2 is 1.81 bits per heavy atom. The average Bonchev–Trinajstić information content (AvgIpc) is 3.41. The van der Waals surface area contributed by atoms with E-state index in [-0.39, 0.29) is 15.9 Å². The van der Waals surface area contributed by atoms with Crippen molar-refractivity contribution in [3.8, 4) is 0 Å². The molecule has 6 nitrogen and oxygen atoms in total. The molecule has 10 heteroatoms. The van der Waals surface area contributed by atoms with Gasteiger partial charge < -0.3 is 0 Å². The van der Waals surface area contributed by atoms with Crippen LogP contribution in [0.3, 0.4) is 0 Å². The second-order valence-electron chi connectivity index (χ2n) is 6.86. The Morgan fingerprint density at radius 3 is 2.50 bits per heavy atom. The number of aromatic nitrogens is 1. The fraction of sp³-hybridized carbons (Fsp3) is 0.0909. The molecule has 0 aliphatic rings. The molecular weight excluding hydrogens is 469 g/mol. The zero-order valence-electron chi connectivity index (χ0n) is 16.8. The number of hydrogen-bond donors (Lipinski definition) is 2. The summed E-state index contributed by atoms with van der Waals surface area (Å²) in [6.45, 7) is 1.82. The van der Waals surface area contributed by atoms with Crippen LogP contribution in [0.15, 0.2) is 70.3 Å². The molecule has 0 fully saturated rings. The number of rotatable bonds is 7. The Kier molecular flexibility index (Phi) is 6.35. The number of amides is 1. The zero-order chi connectivity index (χ0) is 22.7. The number of thiophene rings is 1. The second kappa shape index (κ2) is 9.19. The molecule has 0 atom stereocenters. The van der Waals surface area contributed by atoms with Crippen LogP contribution in [-0.4, -0.2) is 19.3 Å². The van der Waals surface area contributed by atoms with Gasteiger partial charge in [-0.2, -0.15) is 0 Å². The summed E-state index contributed by atoms with van der Waals surface area (Å²) in [5, 5.41) is 4.85. The van der Waals surface area contributed by atoms with Crippen LogP contribution >= 0.6 is 22.7 Å². The lowest BCUT2D eigenvalue weighted by molar-refractivity contribution is 0.102. The average molecular weight is 488 g/mol. The number of hydrogen-bond acceptors (Lipinski definition) is 6. The first-order chi connectivity index (χ1) is 15.3. The molecule has 4 aromatic rings. The predicted molar refractivity (Wildman–Crippen MR) is 126 cm³/mol. The maximum Gasteiger partial charge on any atom is 0.271 e. The van der Waals surface area contributed by atoms with Crippen molar-refractivity contribution < 1.29 is 17.6 Å². The van der Waals surface area contributed by atoms with Crippen LogP contribution < -0.4 is 10.0 Å². The number of nitrogens with one attached hydrogen (secondary N) is 2. The van der Waals surface area contributed by atoms with Gasteiger partial charge in [-0.25, -0.2) is 17.8 Å². The maximum atomic E-state index is 13.9. The van der Waals surface area contributed by atoms with Crippen molar-refractivity contribution in [2.24, 2.45) is 0 Å². The van der Waals surface area contributed by atoms with Gasteiger partial charge in [0.25, 0.3) is 15.9 Å². The molecule has 164 valence electrons. The quantitative estimate of drug-likeness (QED) is 0.370. The number of halogens is 1. The molecule has 4 rings (SSSR count). The van der Waals surface area contributed by atoms with Gasteiger partial charge in [0.2, 0.25) is 0 Å². The van der Waals surface area contributed by atoms with Gasteiger partial charge in [-0.05, 0) is 54.3 Å². The standard InChI is InChI=1S/C22H18FN3O3S3/c1-14-19(13-16-5-2-3-6-18(16)23)31-22(24-14)25-21(27)15-8-10-17(11-9-15)26-32(28,29)20-7-4-12-30-20/h2-12,26H,13H2,1H3,(H,24,25,27). The smallest absolute Gasteiger partial charge is 0.271 e. The summed E-state index contributed by atoms with van der Waals surface area (Å²) >= 11 is 2.42.